The zero-order valence-electron chi connectivity index (χ0n) is 12.8. The molecule has 0 saturated heterocycles. The first-order chi connectivity index (χ1) is 10.7. The van der Waals surface area contributed by atoms with E-state index in [1.54, 1.807) is 19.1 Å². The molecule has 4 heteroatoms. The first-order valence-electron chi connectivity index (χ1n) is 7.34. The van der Waals surface area contributed by atoms with Crippen LogP contribution in [0.1, 0.15) is 25.5 Å². The SMILES string of the molecule is CCOC(=O)C(O)c1ccc(-c2ccccc2OCC)cc1. The number of ether oxygens (including phenoxy) is 2. The van der Waals surface area contributed by atoms with Gasteiger partial charge in [-0.15, -0.1) is 0 Å². The van der Waals surface area contributed by atoms with Gasteiger partial charge in [-0.2, -0.15) is 0 Å². The Bertz CT molecular complexity index is 619. The molecule has 0 bridgehead atoms. The number of hydrogen-bond acceptors (Lipinski definition) is 4. The van der Waals surface area contributed by atoms with E-state index in [9.17, 15) is 9.90 Å². The minimum Gasteiger partial charge on any atom is -0.493 e. The van der Waals surface area contributed by atoms with Gasteiger partial charge in [-0.3, -0.25) is 0 Å². The van der Waals surface area contributed by atoms with Crippen molar-refractivity contribution in [2.45, 2.75) is 20.0 Å². The van der Waals surface area contributed by atoms with Crippen molar-refractivity contribution in [2.24, 2.45) is 0 Å². The molecular formula is C18H20O4. The Hall–Kier alpha value is -2.33. The summed E-state index contributed by atoms with van der Waals surface area (Å²) in [4.78, 5) is 11.5. The van der Waals surface area contributed by atoms with E-state index in [0.29, 0.717) is 12.2 Å². The fraction of sp³-hybridized carbons (Fsp3) is 0.278. The topological polar surface area (TPSA) is 55.8 Å². The molecule has 2 rings (SSSR count). The number of rotatable bonds is 6. The molecule has 0 aliphatic carbocycles. The quantitative estimate of drug-likeness (QED) is 0.831. The lowest BCUT2D eigenvalue weighted by molar-refractivity contribution is -0.153. The molecule has 0 aliphatic heterocycles. The van der Waals surface area contributed by atoms with Gasteiger partial charge in [-0.1, -0.05) is 42.5 Å². The zero-order chi connectivity index (χ0) is 15.9. The largest absolute Gasteiger partial charge is 0.493 e. The molecule has 0 aliphatic rings. The number of benzene rings is 2. The average Bonchev–Trinajstić information content (AvgIpc) is 2.55. The summed E-state index contributed by atoms with van der Waals surface area (Å²) in [5.41, 5.74) is 2.45. The second-order valence-corrected chi connectivity index (χ2v) is 4.71. The highest BCUT2D eigenvalue weighted by atomic mass is 16.5. The van der Waals surface area contributed by atoms with Crippen LogP contribution in [0.4, 0.5) is 0 Å². The van der Waals surface area contributed by atoms with E-state index in [2.05, 4.69) is 0 Å². The van der Waals surface area contributed by atoms with E-state index in [-0.39, 0.29) is 6.61 Å². The van der Waals surface area contributed by atoms with Crippen LogP contribution in [-0.2, 0) is 9.53 Å². The molecular weight excluding hydrogens is 280 g/mol. The molecule has 0 aromatic heterocycles. The van der Waals surface area contributed by atoms with E-state index >= 15 is 0 Å². The normalized spacial score (nSPS) is 11.8. The van der Waals surface area contributed by atoms with Gasteiger partial charge < -0.3 is 14.6 Å². The van der Waals surface area contributed by atoms with Gasteiger partial charge >= 0.3 is 5.97 Å². The third-order valence-electron chi connectivity index (χ3n) is 3.23. The molecule has 2 aromatic rings. The lowest BCUT2D eigenvalue weighted by atomic mass is 10.0. The monoisotopic (exact) mass is 300 g/mol. The first kappa shape index (κ1) is 16.0. The molecule has 116 valence electrons. The van der Waals surface area contributed by atoms with Crippen molar-refractivity contribution in [3.8, 4) is 16.9 Å². The Labute approximate surface area is 130 Å². The van der Waals surface area contributed by atoms with Crippen LogP contribution in [0.5, 0.6) is 5.75 Å². The van der Waals surface area contributed by atoms with Gasteiger partial charge in [0.15, 0.2) is 6.10 Å². The molecule has 0 spiro atoms. The number of carbonyl (C=O) groups is 1. The number of hydrogen-bond donors (Lipinski definition) is 1. The molecule has 4 nitrogen and oxygen atoms in total. The van der Waals surface area contributed by atoms with E-state index in [4.69, 9.17) is 9.47 Å². The van der Waals surface area contributed by atoms with Gasteiger partial charge in [0.05, 0.1) is 13.2 Å². The molecule has 1 N–H and O–H groups in total. The smallest absolute Gasteiger partial charge is 0.339 e. The van der Waals surface area contributed by atoms with Crippen LogP contribution in [0.2, 0.25) is 0 Å². The van der Waals surface area contributed by atoms with Crippen LogP contribution in [0.15, 0.2) is 48.5 Å². The highest BCUT2D eigenvalue weighted by Crippen LogP contribution is 2.30. The highest BCUT2D eigenvalue weighted by molar-refractivity contribution is 5.77. The van der Waals surface area contributed by atoms with Crippen molar-refractivity contribution in [3.63, 3.8) is 0 Å². The second kappa shape index (κ2) is 7.61. The highest BCUT2D eigenvalue weighted by Gasteiger charge is 2.18. The summed E-state index contributed by atoms with van der Waals surface area (Å²) in [6.45, 7) is 4.49. The van der Waals surface area contributed by atoms with Crippen LogP contribution in [0.25, 0.3) is 11.1 Å². The maximum atomic E-state index is 11.5. The summed E-state index contributed by atoms with van der Waals surface area (Å²) in [5.74, 6) is 0.175. The molecule has 1 unspecified atom stereocenters. The Morgan fingerprint density at radius 1 is 1.05 bits per heavy atom. The van der Waals surface area contributed by atoms with Crippen LogP contribution in [0.3, 0.4) is 0 Å². The molecule has 0 heterocycles. The van der Waals surface area contributed by atoms with Crippen LogP contribution >= 0.6 is 0 Å². The van der Waals surface area contributed by atoms with Crippen molar-refractivity contribution in [1.29, 1.82) is 0 Å². The maximum Gasteiger partial charge on any atom is 0.339 e. The summed E-state index contributed by atoms with van der Waals surface area (Å²) in [5, 5.41) is 9.92. The lowest BCUT2D eigenvalue weighted by Crippen LogP contribution is -2.15. The van der Waals surface area contributed by atoms with Gasteiger partial charge in [0.1, 0.15) is 5.75 Å². The molecule has 22 heavy (non-hydrogen) atoms. The van der Waals surface area contributed by atoms with Gasteiger partial charge in [-0.05, 0) is 31.0 Å². The van der Waals surface area contributed by atoms with Gasteiger partial charge in [0.2, 0.25) is 0 Å². The Kier molecular flexibility index (Phi) is 5.55. The first-order valence-corrected chi connectivity index (χ1v) is 7.34. The minimum atomic E-state index is -1.25. The lowest BCUT2D eigenvalue weighted by Gasteiger charge is -2.12. The Morgan fingerprint density at radius 2 is 1.73 bits per heavy atom. The molecule has 0 saturated carbocycles. The van der Waals surface area contributed by atoms with Gasteiger partial charge in [0.25, 0.3) is 0 Å². The molecule has 2 aromatic carbocycles. The van der Waals surface area contributed by atoms with Crippen LogP contribution < -0.4 is 4.74 Å². The Balaban J connectivity index is 2.24. The third kappa shape index (κ3) is 3.65. The molecule has 0 radical (unpaired) electrons. The number of carbonyl (C=O) groups excluding carboxylic acids is 1. The average molecular weight is 300 g/mol. The summed E-state index contributed by atoms with van der Waals surface area (Å²) >= 11 is 0. The van der Waals surface area contributed by atoms with Crippen LogP contribution in [0, 0.1) is 0 Å². The second-order valence-electron chi connectivity index (χ2n) is 4.71. The predicted molar refractivity (Wildman–Crippen MR) is 84.6 cm³/mol. The zero-order valence-corrected chi connectivity index (χ0v) is 12.8. The third-order valence-corrected chi connectivity index (χ3v) is 3.23. The standard InChI is InChI=1S/C18H20O4/c1-3-21-16-8-6-5-7-15(16)13-9-11-14(12-10-13)17(19)18(20)22-4-2/h5-12,17,19H,3-4H2,1-2H3. The van der Waals surface area contributed by atoms with Crippen molar-refractivity contribution in [2.75, 3.05) is 13.2 Å². The Morgan fingerprint density at radius 3 is 2.36 bits per heavy atom. The molecule has 0 fully saturated rings. The van der Waals surface area contributed by atoms with Crippen molar-refractivity contribution < 1.29 is 19.4 Å². The summed E-state index contributed by atoms with van der Waals surface area (Å²) in [7, 11) is 0. The van der Waals surface area contributed by atoms with Crippen molar-refractivity contribution >= 4 is 5.97 Å². The van der Waals surface area contributed by atoms with Gasteiger partial charge in [0, 0.05) is 5.56 Å². The van der Waals surface area contributed by atoms with E-state index < -0.39 is 12.1 Å². The van der Waals surface area contributed by atoms with Crippen LogP contribution in [-0.4, -0.2) is 24.3 Å². The molecule has 0 amide bonds. The number of aliphatic hydroxyl groups is 1. The predicted octanol–water partition coefficient (Wildman–Crippen LogP) is 3.35. The fourth-order valence-corrected chi connectivity index (χ4v) is 2.19. The van der Waals surface area contributed by atoms with E-state index in [1.165, 1.54) is 0 Å². The summed E-state index contributed by atoms with van der Waals surface area (Å²) in [6.07, 6.45) is -1.25. The van der Waals surface area contributed by atoms with Gasteiger partial charge in [-0.25, -0.2) is 4.79 Å². The number of aliphatic hydroxyl groups excluding tert-OH is 1. The van der Waals surface area contributed by atoms with E-state index in [0.717, 1.165) is 16.9 Å². The number of esters is 1. The fourth-order valence-electron chi connectivity index (χ4n) is 2.19. The van der Waals surface area contributed by atoms with E-state index in [1.807, 2.05) is 43.3 Å². The minimum absolute atomic E-state index is 0.246. The maximum absolute atomic E-state index is 11.5. The van der Waals surface area contributed by atoms with Crippen molar-refractivity contribution in [3.05, 3.63) is 54.1 Å². The summed E-state index contributed by atoms with van der Waals surface area (Å²) in [6, 6.07) is 14.9. The molecule has 1 atom stereocenters. The summed E-state index contributed by atoms with van der Waals surface area (Å²) < 4.78 is 10.4. The number of para-hydroxylation sites is 1. The van der Waals surface area contributed by atoms with Crippen molar-refractivity contribution in [1.82, 2.24) is 0 Å².